The van der Waals surface area contributed by atoms with Crippen LogP contribution >= 0.6 is 0 Å². The second-order valence-corrected chi connectivity index (χ2v) is 4.97. The lowest BCUT2D eigenvalue weighted by Gasteiger charge is -2.23. The molecule has 0 fully saturated rings. The van der Waals surface area contributed by atoms with Gasteiger partial charge in [-0.05, 0) is 48.3 Å². The van der Waals surface area contributed by atoms with Crippen molar-refractivity contribution in [2.45, 2.75) is 33.1 Å². The molecule has 0 spiro atoms. The number of anilines is 1. The topological polar surface area (TPSA) is 26.0 Å². The monoisotopic (exact) mass is 213 g/mol. The van der Waals surface area contributed by atoms with Crippen molar-refractivity contribution >= 4 is 11.3 Å². The van der Waals surface area contributed by atoms with Gasteiger partial charge in [-0.3, -0.25) is 0 Å². The lowest BCUT2D eigenvalue weighted by atomic mass is 9.81. The smallest absolute Gasteiger partial charge is 0.0317 e. The van der Waals surface area contributed by atoms with E-state index in [-0.39, 0.29) is 5.41 Å². The van der Waals surface area contributed by atoms with Gasteiger partial charge in [0.25, 0.3) is 0 Å². The summed E-state index contributed by atoms with van der Waals surface area (Å²) in [5, 5.41) is 0. The molecular weight excluding hydrogens is 194 g/mol. The van der Waals surface area contributed by atoms with Gasteiger partial charge in [0, 0.05) is 11.1 Å². The van der Waals surface area contributed by atoms with E-state index >= 15 is 0 Å². The third-order valence-corrected chi connectivity index (χ3v) is 3.53. The highest BCUT2D eigenvalue weighted by Gasteiger charge is 2.34. The van der Waals surface area contributed by atoms with Gasteiger partial charge in [-0.15, -0.1) is 0 Å². The SMILES string of the molecule is C/C=C\C1=C(C)c2ccc(N)cc2C1(C)C. The molecule has 0 amide bonds. The minimum Gasteiger partial charge on any atom is -0.399 e. The van der Waals surface area contributed by atoms with Gasteiger partial charge >= 0.3 is 0 Å². The van der Waals surface area contributed by atoms with Gasteiger partial charge in [0.15, 0.2) is 0 Å². The maximum Gasteiger partial charge on any atom is 0.0317 e. The second kappa shape index (κ2) is 3.51. The number of allylic oxidation sites excluding steroid dienone is 4. The van der Waals surface area contributed by atoms with Gasteiger partial charge in [-0.25, -0.2) is 0 Å². The van der Waals surface area contributed by atoms with Crippen LogP contribution < -0.4 is 5.73 Å². The molecular formula is C15H19N. The molecule has 84 valence electrons. The van der Waals surface area contributed by atoms with Gasteiger partial charge in [0.1, 0.15) is 0 Å². The molecule has 1 heteroatoms. The standard InChI is InChI=1S/C15H19N/c1-5-6-13-10(2)12-8-7-11(16)9-14(12)15(13,3)4/h5-9H,16H2,1-4H3/b6-5-. The molecule has 0 atom stereocenters. The highest BCUT2D eigenvalue weighted by atomic mass is 14.5. The quantitative estimate of drug-likeness (QED) is 0.703. The second-order valence-electron chi connectivity index (χ2n) is 4.97. The maximum absolute atomic E-state index is 5.88. The zero-order valence-electron chi connectivity index (χ0n) is 10.5. The molecule has 1 nitrogen and oxygen atoms in total. The molecule has 1 aliphatic carbocycles. The van der Waals surface area contributed by atoms with Crippen molar-refractivity contribution in [1.82, 2.24) is 0 Å². The molecule has 1 aromatic carbocycles. The van der Waals surface area contributed by atoms with Gasteiger partial charge in [-0.2, -0.15) is 0 Å². The molecule has 0 aliphatic heterocycles. The average molecular weight is 213 g/mol. The summed E-state index contributed by atoms with van der Waals surface area (Å²) in [6, 6.07) is 6.23. The Labute approximate surface area is 97.7 Å². The number of hydrogen-bond acceptors (Lipinski definition) is 1. The first kappa shape index (κ1) is 11.0. The third-order valence-electron chi connectivity index (χ3n) is 3.53. The first-order chi connectivity index (χ1) is 7.48. The Hall–Kier alpha value is -1.50. The summed E-state index contributed by atoms with van der Waals surface area (Å²) >= 11 is 0. The maximum atomic E-state index is 5.88. The zero-order chi connectivity index (χ0) is 11.9. The van der Waals surface area contributed by atoms with Crippen molar-refractivity contribution in [2.75, 3.05) is 5.73 Å². The zero-order valence-corrected chi connectivity index (χ0v) is 10.5. The number of benzene rings is 1. The van der Waals surface area contributed by atoms with E-state index in [9.17, 15) is 0 Å². The highest BCUT2D eigenvalue weighted by Crippen LogP contribution is 2.46. The molecule has 0 bridgehead atoms. The highest BCUT2D eigenvalue weighted by molar-refractivity contribution is 5.82. The van der Waals surface area contributed by atoms with Crippen molar-refractivity contribution in [3.8, 4) is 0 Å². The predicted molar refractivity (Wildman–Crippen MR) is 71.3 cm³/mol. The average Bonchev–Trinajstić information content (AvgIpc) is 2.40. The Morgan fingerprint density at radius 2 is 1.94 bits per heavy atom. The fourth-order valence-electron chi connectivity index (χ4n) is 2.66. The summed E-state index contributed by atoms with van der Waals surface area (Å²) in [5.41, 5.74) is 12.3. The lowest BCUT2D eigenvalue weighted by molar-refractivity contribution is 0.654. The number of nitrogen functional groups attached to an aromatic ring is 1. The Balaban J connectivity index is 2.69. The summed E-state index contributed by atoms with van der Waals surface area (Å²) in [7, 11) is 0. The van der Waals surface area contributed by atoms with Gasteiger partial charge < -0.3 is 5.73 Å². The first-order valence-corrected chi connectivity index (χ1v) is 5.73. The molecule has 2 N–H and O–H groups in total. The molecule has 0 heterocycles. The summed E-state index contributed by atoms with van der Waals surface area (Å²) in [5.74, 6) is 0. The summed E-state index contributed by atoms with van der Waals surface area (Å²) in [4.78, 5) is 0. The van der Waals surface area contributed by atoms with E-state index in [1.165, 1.54) is 22.3 Å². The molecule has 2 rings (SSSR count). The number of nitrogens with two attached hydrogens (primary N) is 1. The molecule has 16 heavy (non-hydrogen) atoms. The van der Waals surface area contributed by atoms with Crippen LogP contribution in [-0.4, -0.2) is 0 Å². The molecule has 0 radical (unpaired) electrons. The van der Waals surface area contributed by atoms with Gasteiger partial charge in [-0.1, -0.05) is 32.1 Å². The minimum absolute atomic E-state index is 0.0707. The van der Waals surface area contributed by atoms with E-state index < -0.39 is 0 Å². The summed E-state index contributed by atoms with van der Waals surface area (Å²) < 4.78 is 0. The van der Waals surface area contributed by atoms with Crippen molar-refractivity contribution < 1.29 is 0 Å². The molecule has 1 aliphatic rings. The van der Waals surface area contributed by atoms with Gasteiger partial charge in [0.2, 0.25) is 0 Å². The van der Waals surface area contributed by atoms with Crippen LogP contribution in [-0.2, 0) is 5.41 Å². The molecule has 0 saturated heterocycles. The van der Waals surface area contributed by atoms with E-state index in [2.05, 4.69) is 52.0 Å². The van der Waals surface area contributed by atoms with E-state index in [4.69, 9.17) is 5.73 Å². The van der Waals surface area contributed by atoms with Crippen molar-refractivity contribution in [1.29, 1.82) is 0 Å². The Morgan fingerprint density at radius 3 is 2.56 bits per heavy atom. The van der Waals surface area contributed by atoms with E-state index in [0.29, 0.717) is 0 Å². The van der Waals surface area contributed by atoms with Crippen LogP contribution in [0.4, 0.5) is 5.69 Å². The van der Waals surface area contributed by atoms with Crippen LogP contribution in [0.25, 0.3) is 5.57 Å². The summed E-state index contributed by atoms with van der Waals surface area (Å²) in [6.45, 7) is 8.78. The number of rotatable bonds is 1. The fraction of sp³-hybridized carbons (Fsp3) is 0.333. The van der Waals surface area contributed by atoms with E-state index in [1.54, 1.807) is 0 Å². The molecule has 0 saturated carbocycles. The normalized spacial score (nSPS) is 18.2. The third kappa shape index (κ3) is 1.39. The minimum atomic E-state index is 0.0707. The van der Waals surface area contributed by atoms with E-state index in [0.717, 1.165) is 5.69 Å². The van der Waals surface area contributed by atoms with Crippen molar-refractivity contribution in [3.63, 3.8) is 0 Å². The van der Waals surface area contributed by atoms with E-state index in [1.807, 2.05) is 6.07 Å². The lowest BCUT2D eigenvalue weighted by Crippen LogP contribution is -2.16. The molecule has 0 unspecified atom stereocenters. The van der Waals surface area contributed by atoms with Crippen LogP contribution in [0.5, 0.6) is 0 Å². The van der Waals surface area contributed by atoms with Crippen molar-refractivity contribution in [2.24, 2.45) is 0 Å². The number of fused-ring (bicyclic) bond motifs is 1. The molecule has 1 aromatic rings. The molecule has 0 aromatic heterocycles. The van der Waals surface area contributed by atoms with Crippen molar-refractivity contribution in [3.05, 3.63) is 47.1 Å². The van der Waals surface area contributed by atoms with Crippen LogP contribution in [0.15, 0.2) is 35.9 Å². The van der Waals surface area contributed by atoms with Crippen LogP contribution in [0.3, 0.4) is 0 Å². The fourth-order valence-corrected chi connectivity index (χ4v) is 2.66. The Bertz CT molecular complexity index is 490. The summed E-state index contributed by atoms with van der Waals surface area (Å²) in [6.07, 6.45) is 4.32. The van der Waals surface area contributed by atoms with Gasteiger partial charge in [0.05, 0.1) is 0 Å². The first-order valence-electron chi connectivity index (χ1n) is 5.73. The number of hydrogen-bond donors (Lipinski definition) is 1. The van der Waals surface area contributed by atoms with Crippen LogP contribution in [0, 0.1) is 0 Å². The van der Waals surface area contributed by atoms with Crippen LogP contribution in [0.2, 0.25) is 0 Å². The predicted octanol–water partition coefficient (Wildman–Crippen LogP) is 3.91. The Kier molecular flexibility index (Phi) is 2.42. The van der Waals surface area contributed by atoms with Crippen LogP contribution in [0.1, 0.15) is 38.8 Å². The largest absolute Gasteiger partial charge is 0.399 e. The Morgan fingerprint density at radius 1 is 1.25 bits per heavy atom.